The molecule has 2 N–H and O–H groups in total. The van der Waals surface area contributed by atoms with Crippen LogP contribution in [-0.2, 0) is 4.79 Å². The average Bonchev–Trinajstić information content (AvgIpc) is 2.04. The van der Waals surface area contributed by atoms with Crippen molar-refractivity contribution >= 4 is 5.97 Å². The standard InChI is InChI=1S/C9H17NO2/c1-3-5-6-8(9(11)12)10-7-4-2/h4,8,10H,2-3,5-7H2,1H3,(H,11,12). The second-order valence-electron chi connectivity index (χ2n) is 2.73. The van der Waals surface area contributed by atoms with E-state index in [0.29, 0.717) is 13.0 Å². The molecule has 12 heavy (non-hydrogen) atoms. The lowest BCUT2D eigenvalue weighted by Crippen LogP contribution is -2.36. The molecule has 0 radical (unpaired) electrons. The van der Waals surface area contributed by atoms with Crippen LogP contribution >= 0.6 is 0 Å². The Morgan fingerprint density at radius 1 is 1.75 bits per heavy atom. The second kappa shape index (κ2) is 6.85. The zero-order valence-electron chi connectivity index (χ0n) is 7.55. The Hall–Kier alpha value is -0.830. The molecule has 0 saturated heterocycles. The first kappa shape index (κ1) is 11.2. The van der Waals surface area contributed by atoms with Crippen LogP contribution in [0.1, 0.15) is 26.2 Å². The van der Waals surface area contributed by atoms with Gasteiger partial charge in [0.2, 0.25) is 0 Å². The van der Waals surface area contributed by atoms with Crippen LogP contribution < -0.4 is 5.32 Å². The molecule has 1 unspecified atom stereocenters. The van der Waals surface area contributed by atoms with E-state index in [0.717, 1.165) is 12.8 Å². The van der Waals surface area contributed by atoms with E-state index in [1.165, 1.54) is 0 Å². The van der Waals surface area contributed by atoms with Crippen molar-refractivity contribution in [2.75, 3.05) is 6.54 Å². The molecule has 0 saturated carbocycles. The molecule has 0 amide bonds. The highest BCUT2D eigenvalue weighted by Gasteiger charge is 2.14. The van der Waals surface area contributed by atoms with Gasteiger partial charge in [0.15, 0.2) is 0 Å². The zero-order valence-corrected chi connectivity index (χ0v) is 7.55. The van der Waals surface area contributed by atoms with Gasteiger partial charge in [-0.15, -0.1) is 6.58 Å². The number of hydrogen-bond donors (Lipinski definition) is 2. The van der Waals surface area contributed by atoms with Crippen LogP contribution in [0.25, 0.3) is 0 Å². The number of carbonyl (C=O) groups is 1. The van der Waals surface area contributed by atoms with E-state index >= 15 is 0 Å². The summed E-state index contributed by atoms with van der Waals surface area (Å²) in [7, 11) is 0. The lowest BCUT2D eigenvalue weighted by molar-refractivity contribution is -0.139. The van der Waals surface area contributed by atoms with E-state index in [1.54, 1.807) is 6.08 Å². The third-order valence-electron chi connectivity index (χ3n) is 1.65. The third-order valence-corrected chi connectivity index (χ3v) is 1.65. The summed E-state index contributed by atoms with van der Waals surface area (Å²) in [6, 6.07) is -0.414. The molecule has 3 heteroatoms. The summed E-state index contributed by atoms with van der Waals surface area (Å²) in [4.78, 5) is 10.6. The molecule has 0 aliphatic heterocycles. The molecule has 0 aromatic carbocycles. The van der Waals surface area contributed by atoms with Crippen molar-refractivity contribution in [3.63, 3.8) is 0 Å². The van der Waals surface area contributed by atoms with Crippen molar-refractivity contribution in [3.8, 4) is 0 Å². The molecule has 3 nitrogen and oxygen atoms in total. The molecule has 0 aliphatic rings. The first-order valence-electron chi connectivity index (χ1n) is 4.29. The maximum atomic E-state index is 10.6. The van der Waals surface area contributed by atoms with Gasteiger partial charge < -0.3 is 10.4 Å². The molecule has 0 bridgehead atoms. The van der Waals surface area contributed by atoms with Crippen LogP contribution in [0.5, 0.6) is 0 Å². The maximum absolute atomic E-state index is 10.6. The van der Waals surface area contributed by atoms with Crippen molar-refractivity contribution < 1.29 is 9.90 Å². The van der Waals surface area contributed by atoms with E-state index in [9.17, 15) is 4.79 Å². The van der Waals surface area contributed by atoms with E-state index in [4.69, 9.17) is 5.11 Å². The van der Waals surface area contributed by atoms with Crippen molar-refractivity contribution in [1.82, 2.24) is 5.32 Å². The number of hydrogen-bond acceptors (Lipinski definition) is 2. The van der Waals surface area contributed by atoms with Crippen molar-refractivity contribution in [3.05, 3.63) is 12.7 Å². The average molecular weight is 171 g/mol. The van der Waals surface area contributed by atoms with Crippen LogP contribution in [0.3, 0.4) is 0 Å². The molecule has 70 valence electrons. The van der Waals surface area contributed by atoms with Gasteiger partial charge in [-0.25, -0.2) is 0 Å². The Bertz CT molecular complexity index is 145. The lowest BCUT2D eigenvalue weighted by atomic mass is 10.1. The van der Waals surface area contributed by atoms with Gasteiger partial charge in [0, 0.05) is 6.54 Å². The summed E-state index contributed by atoms with van der Waals surface area (Å²) in [5.41, 5.74) is 0. The summed E-state index contributed by atoms with van der Waals surface area (Å²) >= 11 is 0. The summed E-state index contributed by atoms with van der Waals surface area (Å²) in [6.45, 7) is 6.12. The molecule has 0 spiro atoms. The minimum atomic E-state index is -0.773. The predicted octanol–water partition coefficient (Wildman–Crippen LogP) is 1.41. The monoisotopic (exact) mass is 171 g/mol. The van der Waals surface area contributed by atoms with Gasteiger partial charge in [-0.05, 0) is 6.42 Å². The number of nitrogens with one attached hydrogen (secondary N) is 1. The third kappa shape index (κ3) is 4.91. The largest absolute Gasteiger partial charge is 0.480 e. The number of rotatable bonds is 7. The summed E-state index contributed by atoms with van der Waals surface area (Å²) < 4.78 is 0. The molecule has 0 fully saturated rings. The molecule has 0 aromatic rings. The molecular weight excluding hydrogens is 154 g/mol. The molecule has 0 rings (SSSR count). The summed E-state index contributed by atoms with van der Waals surface area (Å²) in [5, 5.41) is 11.6. The fraction of sp³-hybridized carbons (Fsp3) is 0.667. The van der Waals surface area contributed by atoms with Crippen molar-refractivity contribution in [2.45, 2.75) is 32.2 Å². The predicted molar refractivity (Wildman–Crippen MR) is 49.1 cm³/mol. The number of aliphatic carboxylic acids is 1. The van der Waals surface area contributed by atoms with Gasteiger partial charge in [0.25, 0.3) is 0 Å². The second-order valence-corrected chi connectivity index (χ2v) is 2.73. The van der Waals surface area contributed by atoms with Crippen LogP contribution in [0.4, 0.5) is 0 Å². The highest BCUT2D eigenvalue weighted by atomic mass is 16.4. The van der Waals surface area contributed by atoms with E-state index in [2.05, 4.69) is 11.9 Å². The number of unbranched alkanes of at least 4 members (excludes halogenated alkanes) is 1. The normalized spacial score (nSPS) is 12.4. The molecule has 0 aliphatic carbocycles. The number of carboxylic acid groups (broad SMARTS) is 1. The van der Waals surface area contributed by atoms with Crippen LogP contribution in [0.2, 0.25) is 0 Å². The van der Waals surface area contributed by atoms with Gasteiger partial charge in [-0.1, -0.05) is 25.8 Å². The first-order valence-corrected chi connectivity index (χ1v) is 4.29. The fourth-order valence-corrected chi connectivity index (χ4v) is 0.947. The van der Waals surface area contributed by atoms with E-state index in [-0.39, 0.29) is 0 Å². The van der Waals surface area contributed by atoms with E-state index < -0.39 is 12.0 Å². The lowest BCUT2D eigenvalue weighted by Gasteiger charge is -2.11. The van der Waals surface area contributed by atoms with Gasteiger partial charge in [-0.3, -0.25) is 4.79 Å². The van der Waals surface area contributed by atoms with Gasteiger partial charge in [0.05, 0.1) is 0 Å². The summed E-state index contributed by atoms with van der Waals surface area (Å²) in [6.07, 6.45) is 4.34. The maximum Gasteiger partial charge on any atom is 0.320 e. The Kier molecular flexibility index (Phi) is 6.38. The molecular formula is C9H17NO2. The van der Waals surface area contributed by atoms with Gasteiger partial charge >= 0.3 is 5.97 Å². The highest BCUT2D eigenvalue weighted by Crippen LogP contribution is 2.00. The Morgan fingerprint density at radius 3 is 2.83 bits per heavy atom. The molecule has 1 atom stereocenters. The number of carboxylic acids is 1. The van der Waals surface area contributed by atoms with Crippen molar-refractivity contribution in [2.24, 2.45) is 0 Å². The minimum Gasteiger partial charge on any atom is -0.480 e. The van der Waals surface area contributed by atoms with Crippen LogP contribution in [0.15, 0.2) is 12.7 Å². The van der Waals surface area contributed by atoms with Gasteiger partial charge in [0.1, 0.15) is 6.04 Å². The zero-order chi connectivity index (χ0) is 9.40. The highest BCUT2D eigenvalue weighted by molar-refractivity contribution is 5.73. The Balaban J connectivity index is 3.69. The molecule has 0 heterocycles. The van der Waals surface area contributed by atoms with Crippen LogP contribution in [-0.4, -0.2) is 23.7 Å². The minimum absolute atomic E-state index is 0.414. The molecule has 0 aromatic heterocycles. The Labute approximate surface area is 73.5 Å². The van der Waals surface area contributed by atoms with E-state index in [1.807, 2.05) is 6.92 Å². The topological polar surface area (TPSA) is 49.3 Å². The van der Waals surface area contributed by atoms with Crippen LogP contribution in [0, 0.1) is 0 Å². The van der Waals surface area contributed by atoms with Crippen molar-refractivity contribution in [1.29, 1.82) is 0 Å². The quantitative estimate of drug-likeness (QED) is 0.569. The first-order chi connectivity index (χ1) is 5.72. The fourth-order valence-electron chi connectivity index (χ4n) is 0.947. The SMILES string of the molecule is C=CCNC(CCCC)C(=O)O. The summed E-state index contributed by atoms with van der Waals surface area (Å²) in [5.74, 6) is -0.773. The van der Waals surface area contributed by atoms with Gasteiger partial charge in [-0.2, -0.15) is 0 Å². The Morgan fingerprint density at radius 2 is 2.42 bits per heavy atom. The smallest absolute Gasteiger partial charge is 0.320 e.